The lowest BCUT2D eigenvalue weighted by Crippen LogP contribution is -2.45. The highest BCUT2D eigenvalue weighted by Gasteiger charge is 2.29. The molecule has 1 aromatic rings. The summed E-state index contributed by atoms with van der Waals surface area (Å²) in [7, 11) is -2.36. The van der Waals surface area contributed by atoms with Crippen LogP contribution in [0.4, 0.5) is 0 Å². The summed E-state index contributed by atoms with van der Waals surface area (Å²) in [6.45, 7) is 0.767. The molecule has 0 radical (unpaired) electrons. The smallest absolute Gasteiger partial charge is 0.337 e. The zero-order chi connectivity index (χ0) is 14.8. The molecule has 1 aliphatic rings. The van der Waals surface area contributed by atoms with Crippen molar-refractivity contribution in [2.24, 2.45) is 5.73 Å². The van der Waals surface area contributed by atoms with Crippen molar-refractivity contribution in [2.75, 3.05) is 20.2 Å². The van der Waals surface area contributed by atoms with E-state index in [1.54, 1.807) is 0 Å². The van der Waals surface area contributed by atoms with Crippen LogP contribution in [0.1, 0.15) is 23.2 Å². The molecule has 1 aliphatic heterocycles. The van der Waals surface area contributed by atoms with Crippen molar-refractivity contribution in [1.82, 2.24) is 4.31 Å². The zero-order valence-electron chi connectivity index (χ0n) is 11.3. The molecular formula is C13H18N2O4S. The van der Waals surface area contributed by atoms with E-state index in [4.69, 9.17) is 5.73 Å². The van der Waals surface area contributed by atoms with E-state index in [9.17, 15) is 13.2 Å². The number of hydrogen-bond acceptors (Lipinski definition) is 5. The SMILES string of the molecule is COC(=O)c1cccc(S(=O)(=O)N2CCCC(N)C2)c1. The molecule has 0 saturated carbocycles. The Bertz CT molecular complexity index is 600. The number of sulfonamides is 1. The summed E-state index contributed by atoms with van der Waals surface area (Å²) in [5.74, 6) is -0.558. The molecule has 1 saturated heterocycles. The minimum Gasteiger partial charge on any atom is -0.465 e. The molecule has 1 heterocycles. The second kappa shape index (κ2) is 5.90. The molecule has 0 aromatic heterocycles. The zero-order valence-corrected chi connectivity index (χ0v) is 12.1. The third-order valence-corrected chi connectivity index (χ3v) is 5.17. The van der Waals surface area contributed by atoms with E-state index >= 15 is 0 Å². The van der Waals surface area contributed by atoms with Gasteiger partial charge in [0, 0.05) is 19.1 Å². The molecule has 0 bridgehead atoms. The first kappa shape index (κ1) is 15.0. The molecule has 0 aliphatic carbocycles. The second-order valence-corrected chi connectivity index (χ2v) is 6.72. The van der Waals surface area contributed by atoms with Crippen LogP contribution in [0.2, 0.25) is 0 Å². The van der Waals surface area contributed by atoms with Crippen LogP contribution < -0.4 is 5.73 Å². The molecule has 0 amide bonds. The van der Waals surface area contributed by atoms with Crippen molar-refractivity contribution in [3.05, 3.63) is 29.8 Å². The first-order valence-corrected chi connectivity index (χ1v) is 7.83. The van der Waals surface area contributed by atoms with Crippen molar-refractivity contribution in [3.63, 3.8) is 0 Å². The Hall–Kier alpha value is -1.44. The summed E-state index contributed by atoms with van der Waals surface area (Å²) in [6.07, 6.45) is 1.57. The van der Waals surface area contributed by atoms with E-state index in [2.05, 4.69) is 4.74 Å². The minimum atomic E-state index is -3.61. The first-order chi connectivity index (χ1) is 9.45. The van der Waals surface area contributed by atoms with E-state index in [0.29, 0.717) is 13.1 Å². The van der Waals surface area contributed by atoms with Gasteiger partial charge in [0.25, 0.3) is 0 Å². The second-order valence-electron chi connectivity index (χ2n) is 4.78. The van der Waals surface area contributed by atoms with Crippen molar-refractivity contribution >= 4 is 16.0 Å². The number of carbonyl (C=O) groups is 1. The highest BCUT2D eigenvalue weighted by atomic mass is 32.2. The maximum absolute atomic E-state index is 12.5. The van der Waals surface area contributed by atoms with Gasteiger partial charge in [-0.05, 0) is 31.0 Å². The fraction of sp³-hybridized carbons (Fsp3) is 0.462. The number of esters is 1. The van der Waals surface area contributed by atoms with Crippen LogP contribution in [0.25, 0.3) is 0 Å². The normalized spacial score (nSPS) is 20.6. The van der Waals surface area contributed by atoms with Crippen LogP contribution in [0.3, 0.4) is 0 Å². The largest absolute Gasteiger partial charge is 0.465 e. The maximum Gasteiger partial charge on any atom is 0.337 e. The number of ether oxygens (including phenoxy) is 1. The van der Waals surface area contributed by atoms with E-state index in [0.717, 1.165) is 12.8 Å². The topological polar surface area (TPSA) is 89.7 Å². The van der Waals surface area contributed by atoms with Crippen LogP contribution >= 0.6 is 0 Å². The van der Waals surface area contributed by atoms with Crippen molar-refractivity contribution in [1.29, 1.82) is 0 Å². The Labute approximate surface area is 118 Å². The number of methoxy groups -OCH3 is 1. The number of benzene rings is 1. The van der Waals surface area contributed by atoms with Gasteiger partial charge in [-0.3, -0.25) is 0 Å². The summed E-state index contributed by atoms with van der Waals surface area (Å²) in [6, 6.07) is 5.72. The van der Waals surface area contributed by atoms with Crippen molar-refractivity contribution in [2.45, 2.75) is 23.8 Å². The third-order valence-electron chi connectivity index (χ3n) is 3.31. The van der Waals surface area contributed by atoms with E-state index in [-0.39, 0.29) is 16.5 Å². The van der Waals surface area contributed by atoms with Crippen molar-refractivity contribution < 1.29 is 17.9 Å². The molecule has 1 fully saturated rings. The van der Waals surface area contributed by atoms with Crippen LogP contribution in [-0.4, -0.2) is 44.9 Å². The van der Waals surface area contributed by atoms with Gasteiger partial charge in [-0.15, -0.1) is 0 Å². The lowest BCUT2D eigenvalue weighted by molar-refractivity contribution is 0.0600. The van der Waals surface area contributed by atoms with Crippen LogP contribution in [0.5, 0.6) is 0 Å². The highest BCUT2D eigenvalue weighted by molar-refractivity contribution is 7.89. The van der Waals surface area contributed by atoms with Crippen LogP contribution in [-0.2, 0) is 14.8 Å². The lowest BCUT2D eigenvalue weighted by Gasteiger charge is -2.29. The molecule has 2 rings (SSSR count). The Morgan fingerprint density at radius 2 is 2.20 bits per heavy atom. The quantitative estimate of drug-likeness (QED) is 0.825. The predicted octanol–water partition coefficient (Wildman–Crippen LogP) is 0.585. The van der Waals surface area contributed by atoms with Crippen molar-refractivity contribution in [3.8, 4) is 0 Å². The molecule has 1 aromatic carbocycles. The highest BCUT2D eigenvalue weighted by Crippen LogP contribution is 2.21. The molecule has 0 spiro atoms. The fourth-order valence-corrected chi connectivity index (χ4v) is 3.82. The summed E-state index contributed by atoms with van der Waals surface area (Å²) >= 11 is 0. The molecule has 1 unspecified atom stereocenters. The minimum absolute atomic E-state index is 0.0921. The lowest BCUT2D eigenvalue weighted by atomic mass is 10.1. The molecule has 6 nitrogen and oxygen atoms in total. The third kappa shape index (κ3) is 3.00. The fourth-order valence-electron chi connectivity index (χ4n) is 2.24. The standard InChI is InChI=1S/C13H18N2O4S/c1-19-13(16)10-4-2-6-12(8-10)20(17,18)15-7-3-5-11(14)9-15/h2,4,6,8,11H,3,5,7,9,14H2,1H3. The monoisotopic (exact) mass is 298 g/mol. The van der Waals surface area contributed by atoms with Gasteiger partial charge >= 0.3 is 5.97 Å². The van der Waals surface area contributed by atoms with Gasteiger partial charge in [0.05, 0.1) is 17.6 Å². The van der Waals surface area contributed by atoms with E-state index < -0.39 is 16.0 Å². The maximum atomic E-state index is 12.5. The van der Waals surface area contributed by atoms with E-state index in [1.165, 1.54) is 35.7 Å². The summed E-state index contributed by atoms with van der Waals surface area (Å²) in [5.41, 5.74) is 6.04. The number of nitrogens with two attached hydrogens (primary N) is 1. The Morgan fingerprint density at radius 3 is 2.85 bits per heavy atom. The Morgan fingerprint density at radius 1 is 1.45 bits per heavy atom. The summed E-state index contributed by atoms with van der Waals surface area (Å²) in [5, 5.41) is 0. The van der Waals surface area contributed by atoms with Crippen LogP contribution in [0, 0.1) is 0 Å². The molecule has 20 heavy (non-hydrogen) atoms. The number of piperidine rings is 1. The molecule has 7 heteroatoms. The number of carbonyl (C=O) groups excluding carboxylic acids is 1. The predicted molar refractivity (Wildman–Crippen MR) is 73.7 cm³/mol. The Kier molecular flexibility index (Phi) is 4.42. The molecule has 1 atom stereocenters. The average molecular weight is 298 g/mol. The molecule has 2 N–H and O–H groups in total. The summed E-state index contributed by atoms with van der Waals surface area (Å²) < 4.78 is 31.0. The number of hydrogen-bond donors (Lipinski definition) is 1. The molecular weight excluding hydrogens is 280 g/mol. The van der Waals surface area contributed by atoms with Gasteiger partial charge in [0.15, 0.2) is 0 Å². The number of rotatable bonds is 3. The Balaban J connectivity index is 2.32. The van der Waals surface area contributed by atoms with Gasteiger partial charge in [-0.2, -0.15) is 4.31 Å². The first-order valence-electron chi connectivity index (χ1n) is 6.39. The van der Waals surface area contributed by atoms with Gasteiger partial charge in [0.2, 0.25) is 10.0 Å². The van der Waals surface area contributed by atoms with Gasteiger partial charge < -0.3 is 10.5 Å². The van der Waals surface area contributed by atoms with Gasteiger partial charge in [-0.1, -0.05) is 6.07 Å². The summed E-state index contributed by atoms with van der Waals surface area (Å²) in [4.78, 5) is 11.6. The molecule has 110 valence electrons. The van der Waals surface area contributed by atoms with Gasteiger partial charge in [0.1, 0.15) is 0 Å². The average Bonchev–Trinajstić information content (AvgIpc) is 2.46. The van der Waals surface area contributed by atoms with E-state index in [1.807, 2.05) is 0 Å². The van der Waals surface area contributed by atoms with Gasteiger partial charge in [-0.25, -0.2) is 13.2 Å². The number of nitrogens with zero attached hydrogens (tertiary/aromatic N) is 1. The van der Waals surface area contributed by atoms with Crippen LogP contribution in [0.15, 0.2) is 29.2 Å².